The highest BCUT2D eigenvalue weighted by atomic mass is 15.0. The summed E-state index contributed by atoms with van der Waals surface area (Å²) in [4.78, 5) is 0. The Morgan fingerprint density at radius 3 is 2.64 bits per heavy atom. The maximum atomic E-state index is 4.00. The van der Waals surface area contributed by atoms with Gasteiger partial charge in [-0.3, -0.25) is 0 Å². The Morgan fingerprint density at radius 1 is 1.50 bits per heavy atom. The summed E-state index contributed by atoms with van der Waals surface area (Å²) in [6, 6.07) is 0. The molecule has 0 aromatic heterocycles. The fourth-order valence-corrected chi connectivity index (χ4v) is 2.59. The molecular formula is C13H25N. The lowest BCUT2D eigenvalue weighted by molar-refractivity contribution is 0.284. The molecule has 1 heteroatoms. The van der Waals surface area contributed by atoms with E-state index in [4.69, 9.17) is 0 Å². The molecule has 1 atom stereocenters. The van der Waals surface area contributed by atoms with Crippen LogP contribution in [-0.2, 0) is 0 Å². The predicted octanol–water partition coefficient (Wildman–Crippen LogP) is 3.51. The second-order valence-corrected chi connectivity index (χ2v) is 5.37. The SMILES string of the molecule is C=C(C)CCC1(CC(C)C)CCCN1. The minimum atomic E-state index is 0.438. The fraction of sp³-hybridized carbons (Fsp3) is 0.846. The Balaban J connectivity index is 2.48. The van der Waals surface area contributed by atoms with Crippen LogP contribution in [0.15, 0.2) is 12.2 Å². The van der Waals surface area contributed by atoms with Crippen molar-refractivity contribution in [1.29, 1.82) is 0 Å². The van der Waals surface area contributed by atoms with E-state index in [1.807, 2.05) is 0 Å². The van der Waals surface area contributed by atoms with E-state index < -0.39 is 0 Å². The van der Waals surface area contributed by atoms with Gasteiger partial charge in [0.2, 0.25) is 0 Å². The van der Waals surface area contributed by atoms with Crippen molar-refractivity contribution < 1.29 is 0 Å². The molecule has 0 aliphatic carbocycles. The van der Waals surface area contributed by atoms with Crippen LogP contribution in [0, 0.1) is 5.92 Å². The number of hydrogen-bond acceptors (Lipinski definition) is 1. The van der Waals surface area contributed by atoms with Gasteiger partial charge in [-0.25, -0.2) is 0 Å². The van der Waals surface area contributed by atoms with Crippen molar-refractivity contribution in [3.63, 3.8) is 0 Å². The topological polar surface area (TPSA) is 12.0 Å². The zero-order valence-corrected chi connectivity index (χ0v) is 10.0. The maximum absolute atomic E-state index is 4.00. The third-order valence-electron chi connectivity index (χ3n) is 3.16. The monoisotopic (exact) mass is 195 g/mol. The molecule has 1 heterocycles. The van der Waals surface area contributed by atoms with E-state index in [1.54, 1.807) is 0 Å². The Bertz CT molecular complexity index is 187. The molecule has 0 aromatic rings. The first kappa shape index (κ1) is 11.8. The molecule has 1 aliphatic heterocycles. The van der Waals surface area contributed by atoms with Gasteiger partial charge in [0.25, 0.3) is 0 Å². The first-order chi connectivity index (χ1) is 6.54. The lowest BCUT2D eigenvalue weighted by Gasteiger charge is -2.31. The summed E-state index contributed by atoms with van der Waals surface area (Å²) in [6.45, 7) is 12.0. The Labute approximate surface area is 89.0 Å². The molecule has 1 aliphatic rings. The molecule has 0 aromatic carbocycles. The normalized spacial score (nSPS) is 27.1. The average molecular weight is 195 g/mol. The first-order valence-electron chi connectivity index (χ1n) is 5.93. The lowest BCUT2D eigenvalue weighted by atomic mass is 9.83. The van der Waals surface area contributed by atoms with Crippen molar-refractivity contribution in [3.8, 4) is 0 Å². The smallest absolute Gasteiger partial charge is 0.0187 e. The van der Waals surface area contributed by atoms with E-state index in [1.165, 1.54) is 44.2 Å². The number of rotatable bonds is 5. The van der Waals surface area contributed by atoms with Gasteiger partial charge >= 0.3 is 0 Å². The summed E-state index contributed by atoms with van der Waals surface area (Å²) in [6.07, 6.45) is 6.49. The van der Waals surface area contributed by atoms with Gasteiger partial charge in [0.05, 0.1) is 0 Å². The molecule has 1 rings (SSSR count). The highest BCUT2D eigenvalue weighted by Gasteiger charge is 2.33. The molecule has 1 nitrogen and oxygen atoms in total. The van der Waals surface area contributed by atoms with Gasteiger partial charge < -0.3 is 5.32 Å². The Morgan fingerprint density at radius 2 is 2.21 bits per heavy atom. The number of nitrogens with one attached hydrogen (secondary N) is 1. The minimum Gasteiger partial charge on any atom is -0.311 e. The van der Waals surface area contributed by atoms with Gasteiger partial charge in [0.1, 0.15) is 0 Å². The maximum Gasteiger partial charge on any atom is 0.0187 e. The quantitative estimate of drug-likeness (QED) is 0.662. The van der Waals surface area contributed by atoms with Crippen LogP contribution in [0.25, 0.3) is 0 Å². The first-order valence-corrected chi connectivity index (χ1v) is 5.93. The van der Waals surface area contributed by atoms with Gasteiger partial charge in [-0.15, -0.1) is 6.58 Å². The molecule has 0 bridgehead atoms. The zero-order chi connectivity index (χ0) is 10.6. The van der Waals surface area contributed by atoms with Crippen molar-refractivity contribution in [2.24, 2.45) is 5.92 Å². The van der Waals surface area contributed by atoms with Crippen LogP contribution in [0.2, 0.25) is 0 Å². The highest BCUT2D eigenvalue weighted by molar-refractivity contribution is 4.98. The van der Waals surface area contributed by atoms with Crippen molar-refractivity contribution >= 4 is 0 Å². The summed E-state index contributed by atoms with van der Waals surface area (Å²) < 4.78 is 0. The third-order valence-corrected chi connectivity index (χ3v) is 3.16. The number of allylic oxidation sites excluding steroid dienone is 1. The van der Waals surface area contributed by atoms with Crippen LogP contribution in [0.4, 0.5) is 0 Å². The van der Waals surface area contributed by atoms with Crippen molar-refractivity contribution in [3.05, 3.63) is 12.2 Å². The second kappa shape index (κ2) is 4.97. The van der Waals surface area contributed by atoms with E-state index in [-0.39, 0.29) is 0 Å². The molecule has 0 radical (unpaired) electrons. The second-order valence-electron chi connectivity index (χ2n) is 5.37. The van der Waals surface area contributed by atoms with Gasteiger partial charge in [-0.2, -0.15) is 0 Å². The highest BCUT2D eigenvalue weighted by Crippen LogP contribution is 2.32. The zero-order valence-electron chi connectivity index (χ0n) is 10.0. The molecule has 0 amide bonds. The summed E-state index contributed by atoms with van der Waals surface area (Å²) >= 11 is 0. The largest absolute Gasteiger partial charge is 0.311 e. The van der Waals surface area contributed by atoms with Gasteiger partial charge in [0, 0.05) is 5.54 Å². The van der Waals surface area contributed by atoms with Crippen LogP contribution in [0.3, 0.4) is 0 Å². The van der Waals surface area contributed by atoms with Gasteiger partial charge in [-0.05, 0) is 51.5 Å². The summed E-state index contributed by atoms with van der Waals surface area (Å²) in [5.74, 6) is 0.797. The van der Waals surface area contributed by atoms with Crippen LogP contribution in [0.5, 0.6) is 0 Å². The van der Waals surface area contributed by atoms with E-state index in [2.05, 4.69) is 32.7 Å². The van der Waals surface area contributed by atoms with Crippen LogP contribution < -0.4 is 5.32 Å². The van der Waals surface area contributed by atoms with Crippen LogP contribution >= 0.6 is 0 Å². The average Bonchev–Trinajstić information content (AvgIpc) is 2.49. The molecule has 14 heavy (non-hydrogen) atoms. The van der Waals surface area contributed by atoms with E-state index in [0.29, 0.717) is 5.54 Å². The molecule has 1 fully saturated rings. The van der Waals surface area contributed by atoms with Crippen molar-refractivity contribution in [2.45, 2.75) is 58.4 Å². The van der Waals surface area contributed by atoms with Gasteiger partial charge in [-0.1, -0.05) is 19.4 Å². The van der Waals surface area contributed by atoms with E-state index in [0.717, 1.165) is 5.92 Å². The fourth-order valence-electron chi connectivity index (χ4n) is 2.59. The molecular weight excluding hydrogens is 170 g/mol. The number of hydrogen-bond donors (Lipinski definition) is 1. The molecule has 0 saturated carbocycles. The summed E-state index contributed by atoms with van der Waals surface area (Å²) in [5.41, 5.74) is 1.76. The van der Waals surface area contributed by atoms with Crippen LogP contribution in [-0.4, -0.2) is 12.1 Å². The predicted molar refractivity (Wildman–Crippen MR) is 63.5 cm³/mol. The molecule has 1 saturated heterocycles. The molecule has 1 unspecified atom stereocenters. The molecule has 82 valence electrons. The third kappa shape index (κ3) is 3.45. The molecule has 1 N–H and O–H groups in total. The summed E-state index contributed by atoms with van der Waals surface area (Å²) in [5, 5.41) is 3.72. The summed E-state index contributed by atoms with van der Waals surface area (Å²) in [7, 11) is 0. The van der Waals surface area contributed by atoms with E-state index in [9.17, 15) is 0 Å². The Hall–Kier alpha value is -0.300. The standard InChI is InChI=1S/C13H25N/c1-11(2)6-8-13(10-12(3)4)7-5-9-14-13/h12,14H,1,5-10H2,2-4H3. The lowest BCUT2D eigenvalue weighted by Crippen LogP contribution is -2.40. The van der Waals surface area contributed by atoms with E-state index >= 15 is 0 Å². The Kier molecular flexibility index (Phi) is 4.18. The molecule has 0 spiro atoms. The minimum absolute atomic E-state index is 0.438. The van der Waals surface area contributed by atoms with Gasteiger partial charge in [0.15, 0.2) is 0 Å². The van der Waals surface area contributed by atoms with Crippen LogP contribution in [0.1, 0.15) is 52.9 Å². The van der Waals surface area contributed by atoms with Crippen molar-refractivity contribution in [2.75, 3.05) is 6.54 Å². The van der Waals surface area contributed by atoms with Crippen molar-refractivity contribution in [1.82, 2.24) is 5.32 Å².